The molecule has 2 atom stereocenters. The Balaban J connectivity index is 1.86. The van der Waals surface area contributed by atoms with E-state index < -0.39 is 35.8 Å². The second kappa shape index (κ2) is 5.34. The van der Waals surface area contributed by atoms with Crippen LogP contribution in [0.4, 0.5) is 14.5 Å². The largest absolute Gasteiger partial charge is 0.455 e. The fourth-order valence-corrected chi connectivity index (χ4v) is 1.69. The van der Waals surface area contributed by atoms with Gasteiger partial charge < -0.3 is 10.1 Å². The van der Waals surface area contributed by atoms with Gasteiger partial charge in [-0.1, -0.05) is 13.0 Å². The number of ether oxygens (including phenoxy) is 1. The van der Waals surface area contributed by atoms with Gasteiger partial charge in [0.2, 0.25) is 0 Å². The Labute approximate surface area is 108 Å². The molecule has 19 heavy (non-hydrogen) atoms. The van der Waals surface area contributed by atoms with Gasteiger partial charge in [-0.2, -0.15) is 0 Å². The average Bonchev–Trinajstić information content (AvgIpc) is 3.08. The smallest absolute Gasteiger partial charge is 0.309 e. The third-order valence-electron chi connectivity index (χ3n) is 2.98. The minimum absolute atomic E-state index is 0.155. The lowest BCUT2D eigenvalue weighted by Gasteiger charge is -2.08. The van der Waals surface area contributed by atoms with Crippen LogP contribution in [0.15, 0.2) is 18.2 Å². The molecule has 0 bridgehead atoms. The van der Waals surface area contributed by atoms with E-state index >= 15 is 0 Å². The Hall–Kier alpha value is -1.98. The van der Waals surface area contributed by atoms with E-state index in [9.17, 15) is 18.4 Å². The van der Waals surface area contributed by atoms with Crippen molar-refractivity contribution >= 4 is 17.6 Å². The number of nitrogens with one attached hydrogen (secondary N) is 1. The van der Waals surface area contributed by atoms with E-state index in [1.807, 2.05) is 12.2 Å². The number of benzene rings is 1. The first-order valence-electron chi connectivity index (χ1n) is 5.89. The van der Waals surface area contributed by atoms with Crippen LogP contribution in [0.2, 0.25) is 0 Å². The van der Waals surface area contributed by atoms with E-state index in [1.165, 1.54) is 6.07 Å². The SMILES string of the molecule is C[C@H]1C[C@@H]1C(=O)OCC(=O)Nc1c(F)cccc1F. The van der Waals surface area contributed by atoms with Crippen molar-refractivity contribution in [1.29, 1.82) is 0 Å². The summed E-state index contributed by atoms with van der Waals surface area (Å²) in [5.41, 5.74) is -0.539. The lowest BCUT2D eigenvalue weighted by Crippen LogP contribution is -2.22. The summed E-state index contributed by atoms with van der Waals surface area (Å²) in [6.07, 6.45) is 0.752. The molecule has 0 heterocycles. The first kappa shape index (κ1) is 13.5. The quantitative estimate of drug-likeness (QED) is 0.852. The Morgan fingerprint density at radius 1 is 1.37 bits per heavy atom. The molecule has 1 aromatic carbocycles. The highest BCUT2D eigenvalue weighted by molar-refractivity contribution is 5.93. The second-order valence-electron chi connectivity index (χ2n) is 4.57. The number of para-hydroxylation sites is 1. The summed E-state index contributed by atoms with van der Waals surface area (Å²) in [4.78, 5) is 22.8. The third-order valence-corrected chi connectivity index (χ3v) is 2.98. The fourth-order valence-electron chi connectivity index (χ4n) is 1.69. The van der Waals surface area contributed by atoms with Crippen molar-refractivity contribution in [3.05, 3.63) is 29.8 Å². The van der Waals surface area contributed by atoms with Gasteiger partial charge in [0.25, 0.3) is 5.91 Å². The van der Waals surface area contributed by atoms with E-state index in [0.29, 0.717) is 0 Å². The Bertz CT molecular complexity index is 498. The zero-order chi connectivity index (χ0) is 14.0. The molecule has 0 radical (unpaired) electrons. The van der Waals surface area contributed by atoms with Gasteiger partial charge in [-0.25, -0.2) is 8.78 Å². The molecule has 1 N–H and O–H groups in total. The normalized spacial score (nSPS) is 20.8. The van der Waals surface area contributed by atoms with Gasteiger partial charge in [0.1, 0.15) is 17.3 Å². The molecule has 0 spiro atoms. The highest BCUT2D eigenvalue weighted by Gasteiger charge is 2.40. The summed E-state index contributed by atoms with van der Waals surface area (Å²) in [5.74, 6) is -2.86. The van der Waals surface area contributed by atoms with Gasteiger partial charge in [0.15, 0.2) is 6.61 Å². The summed E-state index contributed by atoms with van der Waals surface area (Å²) in [6, 6.07) is 3.24. The number of hydrogen-bond donors (Lipinski definition) is 1. The minimum Gasteiger partial charge on any atom is -0.455 e. The van der Waals surface area contributed by atoms with Gasteiger partial charge in [-0.15, -0.1) is 0 Å². The lowest BCUT2D eigenvalue weighted by molar-refractivity contribution is -0.148. The Kier molecular flexibility index (Phi) is 3.78. The maximum Gasteiger partial charge on any atom is 0.309 e. The van der Waals surface area contributed by atoms with Crippen LogP contribution < -0.4 is 5.32 Å². The Morgan fingerprint density at radius 2 is 1.95 bits per heavy atom. The molecule has 1 aliphatic carbocycles. The van der Waals surface area contributed by atoms with Crippen LogP contribution in [-0.2, 0) is 14.3 Å². The van der Waals surface area contributed by atoms with E-state index in [4.69, 9.17) is 4.74 Å². The van der Waals surface area contributed by atoms with Crippen LogP contribution >= 0.6 is 0 Å². The van der Waals surface area contributed by atoms with Crippen molar-refractivity contribution in [2.45, 2.75) is 13.3 Å². The Morgan fingerprint density at radius 3 is 2.47 bits per heavy atom. The molecule has 0 aliphatic heterocycles. The zero-order valence-corrected chi connectivity index (χ0v) is 10.3. The number of hydrogen-bond acceptors (Lipinski definition) is 3. The zero-order valence-electron chi connectivity index (χ0n) is 10.3. The van der Waals surface area contributed by atoms with Crippen LogP contribution in [-0.4, -0.2) is 18.5 Å². The maximum absolute atomic E-state index is 13.2. The van der Waals surface area contributed by atoms with Crippen LogP contribution in [0.5, 0.6) is 0 Å². The van der Waals surface area contributed by atoms with E-state index in [0.717, 1.165) is 18.6 Å². The van der Waals surface area contributed by atoms with Crippen LogP contribution in [0.25, 0.3) is 0 Å². The molecule has 1 aliphatic rings. The molecule has 1 saturated carbocycles. The van der Waals surface area contributed by atoms with Crippen molar-refractivity contribution in [1.82, 2.24) is 0 Å². The summed E-state index contributed by atoms with van der Waals surface area (Å²) in [5, 5.41) is 2.04. The minimum atomic E-state index is -0.879. The van der Waals surface area contributed by atoms with E-state index in [-0.39, 0.29) is 11.8 Å². The standard InChI is InChI=1S/C13H13F2NO3/c1-7-5-8(7)13(18)19-6-11(17)16-12-9(14)3-2-4-10(12)15/h2-4,7-8H,5-6H2,1H3,(H,16,17)/t7-,8-/m0/s1. The predicted octanol–water partition coefficient (Wildman–Crippen LogP) is 2.10. The molecule has 0 aromatic heterocycles. The molecule has 1 amide bonds. The van der Waals surface area contributed by atoms with Gasteiger partial charge in [0.05, 0.1) is 5.92 Å². The molecular formula is C13H13F2NO3. The number of halogens is 2. The van der Waals surface area contributed by atoms with Crippen molar-refractivity contribution in [2.24, 2.45) is 11.8 Å². The molecule has 1 fully saturated rings. The molecule has 6 heteroatoms. The van der Waals surface area contributed by atoms with Crippen molar-refractivity contribution in [2.75, 3.05) is 11.9 Å². The average molecular weight is 269 g/mol. The summed E-state index contributed by atoms with van der Waals surface area (Å²) in [6.45, 7) is 1.36. The van der Waals surface area contributed by atoms with Crippen LogP contribution in [0, 0.1) is 23.5 Å². The predicted molar refractivity (Wildman–Crippen MR) is 63.2 cm³/mol. The van der Waals surface area contributed by atoms with Crippen LogP contribution in [0.1, 0.15) is 13.3 Å². The topological polar surface area (TPSA) is 55.4 Å². The van der Waals surface area contributed by atoms with E-state index in [1.54, 1.807) is 0 Å². The van der Waals surface area contributed by atoms with Gasteiger partial charge in [0, 0.05) is 0 Å². The number of esters is 1. The highest BCUT2D eigenvalue weighted by atomic mass is 19.1. The van der Waals surface area contributed by atoms with Crippen molar-refractivity contribution in [3.8, 4) is 0 Å². The first-order valence-corrected chi connectivity index (χ1v) is 5.89. The summed E-state index contributed by atoms with van der Waals surface area (Å²) in [7, 11) is 0. The molecule has 0 saturated heterocycles. The number of anilines is 1. The maximum atomic E-state index is 13.2. The number of carbonyl (C=O) groups is 2. The number of carbonyl (C=O) groups excluding carboxylic acids is 2. The molecule has 102 valence electrons. The van der Waals surface area contributed by atoms with Gasteiger partial charge >= 0.3 is 5.97 Å². The second-order valence-corrected chi connectivity index (χ2v) is 4.57. The molecule has 0 unspecified atom stereocenters. The molecule has 2 rings (SSSR count). The fraction of sp³-hybridized carbons (Fsp3) is 0.385. The third kappa shape index (κ3) is 3.27. The first-order chi connectivity index (χ1) is 8.99. The number of amides is 1. The molecule has 1 aromatic rings. The molecule has 4 nitrogen and oxygen atoms in total. The monoisotopic (exact) mass is 269 g/mol. The van der Waals surface area contributed by atoms with Gasteiger partial charge in [-0.3, -0.25) is 9.59 Å². The number of rotatable bonds is 4. The van der Waals surface area contributed by atoms with E-state index in [2.05, 4.69) is 0 Å². The summed E-state index contributed by atoms with van der Waals surface area (Å²) >= 11 is 0. The molecular weight excluding hydrogens is 256 g/mol. The van der Waals surface area contributed by atoms with Crippen molar-refractivity contribution < 1.29 is 23.1 Å². The van der Waals surface area contributed by atoms with Crippen molar-refractivity contribution in [3.63, 3.8) is 0 Å². The van der Waals surface area contributed by atoms with Crippen LogP contribution in [0.3, 0.4) is 0 Å². The highest BCUT2D eigenvalue weighted by Crippen LogP contribution is 2.38. The summed E-state index contributed by atoms with van der Waals surface area (Å²) < 4.78 is 31.2. The lowest BCUT2D eigenvalue weighted by atomic mass is 10.3. The van der Waals surface area contributed by atoms with Gasteiger partial charge in [-0.05, 0) is 24.5 Å².